The second-order valence-corrected chi connectivity index (χ2v) is 8.24. The minimum absolute atomic E-state index is 0.246. The summed E-state index contributed by atoms with van der Waals surface area (Å²) in [6.07, 6.45) is 3.40. The first kappa shape index (κ1) is 20.4. The van der Waals surface area contributed by atoms with Crippen molar-refractivity contribution in [3.63, 3.8) is 0 Å². The number of hydrogen-bond donors (Lipinski definition) is 2. The number of aromatic nitrogens is 1. The minimum Gasteiger partial charge on any atom is -0.507 e. The monoisotopic (exact) mass is 378 g/mol. The van der Waals surface area contributed by atoms with Crippen LogP contribution in [0.3, 0.4) is 0 Å². The molecular weight excluding hydrogens is 351 g/mol. The summed E-state index contributed by atoms with van der Waals surface area (Å²) >= 11 is 0. The number of pyridine rings is 1. The van der Waals surface area contributed by atoms with Gasteiger partial charge >= 0.3 is 7.60 Å². The molecule has 2 N–H and O–H groups in total. The molecule has 7 heteroatoms. The Balaban J connectivity index is 2.41. The van der Waals surface area contributed by atoms with E-state index in [0.29, 0.717) is 6.54 Å². The smallest absolute Gasteiger partial charge is 0.339 e. The van der Waals surface area contributed by atoms with Gasteiger partial charge in [-0.1, -0.05) is 12.1 Å². The van der Waals surface area contributed by atoms with Gasteiger partial charge in [0, 0.05) is 18.9 Å². The second kappa shape index (κ2) is 9.17. The van der Waals surface area contributed by atoms with Crippen molar-refractivity contribution in [1.82, 2.24) is 4.98 Å². The van der Waals surface area contributed by atoms with E-state index >= 15 is 0 Å². The summed E-state index contributed by atoms with van der Waals surface area (Å²) < 4.78 is 24.7. The van der Waals surface area contributed by atoms with Gasteiger partial charge in [-0.25, -0.2) is 0 Å². The molecule has 0 saturated heterocycles. The van der Waals surface area contributed by atoms with E-state index in [-0.39, 0.29) is 19.0 Å². The van der Waals surface area contributed by atoms with Crippen LogP contribution in [0.15, 0.2) is 36.7 Å². The summed E-state index contributed by atoms with van der Waals surface area (Å²) in [6.45, 7) is 8.17. The van der Waals surface area contributed by atoms with Crippen molar-refractivity contribution in [3.8, 4) is 5.75 Å². The normalized spacial score (nSPS) is 12.8. The van der Waals surface area contributed by atoms with E-state index in [2.05, 4.69) is 10.3 Å². The highest BCUT2D eigenvalue weighted by Crippen LogP contribution is 2.61. The van der Waals surface area contributed by atoms with Gasteiger partial charge in [-0.05, 0) is 56.5 Å². The lowest BCUT2D eigenvalue weighted by molar-refractivity contribution is 0.213. The van der Waals surface area contributed by atoms with E-state index in [9.17, 15) is 9.67 Å². The highest BCUT2D eigenvalue weighted by Gasteiger charge is 2.37. The maximum atomic E-state index is 13.5. The zero-order valence-electron chi connectivity index (χ0n) is 15.7. The third kappa shape index (κ3) is 4.85. The van der Waals surface area contributed by atoms with Crippen LogP contribution in [0, 0.1) is 13.8 Å². The quantitative estimate of drug-likeness (QED) is 0.609. The SMILES string of the molecule is CCOP(=O)(OCC)C(CNc1cccnc1)c1cc(C)c(O)c(C)c1. The standard InChI is InChI=1S/C19H27N2O4P/c1-5-24-26(23,25-6-2)18(13-21-17-8-7-9-20-12-17)16-10-14(3)19(22)15(4)11-16/h7-12,18,21-22H,5-6,13H2,1-4H3. The van der Waals surface area contributed by atoms with Crippen molar-refractivity contribution >= 4 is 13.3 Å². The van der Waals surface area contributed by atoms with Gasteiger partial charge in [-0.3, -0.25) is 9.55 Å². The summed E-state index contributed by atoms with van der Waals surface area (Å²) in [6, 6.07) is 7.39. The Morgan fingerprint density at radius 1 is 1.19 bits per heavy atom. The lowest BCUT2D eigenvalue weighted by atomic mass is 10.0. The second-order valence-electron chi connectivity index (χ2n) is 6.02. The average molecular weight is 378 g/mol. The lowest BCUT2D eigenvalue weighted by Gasteiger charge is -2.28. The van der Waals surface area contributed by atoms with Crippen molar-refractivity contribution in [2.75, 3.05) is 25.1 Å². The Morgan fingerprint density at radius 2 is 1.81 bits per heavy atom. The maximum absolute atomic E-state index is 13.5. The summed E-state index contributed by atoms with van der Waals surface area (Å²) in [7, 11) is -3.41. The summed E-state index contributed by atoms with van der Waals surface area (Å²) in [4.78, 5) is 4.08. The molecule has 0 aliphatic heterocycles. The first-order valence-corrected chi connectivity index (χ1v) is 10.3. The van der Waals surface area contributed by atoms with E-state index in [4.69, 9.17) is 9.05 Å². The van der Waals surface area contributed by atoms with Crippen LogP contribution in [0.2, 0.25) is 0 Å². The fourth-order valence-electron chi connectivity index (χ4n) is 2.85. The predicted molar refractivity (Wildman–Crippen MR) is 104 cm³/mol. The molecule has 0 amide bonds. The molecule has 0 aliphatic carbocycles. The molecule has 1 atom stereocenters. The number of aryl methyl sites for hydroxylation is 2. The average Bonchev–Trinajstić information content (AvgIpc) is 2.61. The molecule has 0 spiro atoms. The number of benzene rings is 1. The van der Waals surface area contributed by atoms with Gasteiger partial charge in [0.05, 0.1) is 18.9 Å². The molecule has 26 heavy (non-hydrogen) atoms. The van der Waals surface area contributed by atoms with Crippen molar-refractivity contribution in [1.29, 1.82) is 0 Å². The third-order valence-corrected chi connectivity index (χ3v) is 6.54. The number of phenols is 1. The van der Waals surface area contributed by atoms with Crippen molar-refractivity contribution in [2.24, 2.45) is 0 Å². The van der Waals surface area contributed by atoms with Gasteiger partial charge < -0.3 is 19.5 Å². The highest BCUT2D eigenvalue weighted by atomic mass is 31.2. The van der Waals surface area contributed by atoms with Crippen molar-refractivity contribution < 1.29 is 18.7 Å². The number of anilines is 1. The van der Waals surface area contributed by atoms with Gasteiger partial charge in [-0.15, -0.1) is 0 Å². The molecule has 6 nitrogen and oxygen atoms in total. The zero-order valence-corrected chi connectivity index (χ0v) is 16.6. The number of hydrogen-bond acceptors (Lipinski definition) is 6. The van der Waals surface area contributed by atoms with E-state index in [0.717, 1.165) is 22.4 Å². The van der Waals surface area contributed by atoms with Crippen molar-refractivity contribution in [2.45, 2.75) is 33.4 Å². The molecular formula is C19H27N2O4P. The first-order chi connectivity index (χ1) is 12.4. The third-order valence-electron chi connectivity index (χ3n) is 4.06. The molecule has 1 aromatic carbocycles. The van der Waals surface area contributed by atoms with Crippen molar-refractivity contribution in [3.05, 3.63) is 53.3 Å². The zero-order chi connectivity index (χ0) is 19.2. The lowest BCUT2D eigenvalue weighted by Crippen LogP contribution is -2.17. The topological polar surface area (TPSA) is 80.7 Å². The van der Waals surface area contributed by atoms with Crippen LogP contribution >= 0.6 is 7.60 Å². The summed E-state index contributed by atoms with van der Waals surface area (Å²) in [5.74, 6) is 0.246. The number of rotatable bonds is 9. The summed E-state index contributed by atoms with van der Waals surface area (Å²) in [5.41, 5.74) is 2.57. The Bertz CT molecular complexity index is 734. The van der Waals surface area contributed by atoms with E-state index in [1.54, 1.807) is 26.2 Å². The molecule has 0 aliphatic rings. The van der Waals surface area contributed by atoms with Crippen LogP contribution in [-0.2, 0) is 13.6 Å². The van der Waals surface area contributed by atoms with Crippen LogP contribution in [0.25, 0.3) is 0 Å². The van der Waals surface area contributed by atoms with Gasteiger partial charge in [0.25, 0.3) is 0 Å². The van der Waals surface area contributed by atoms with Crippen LogP contribution in [0.1, 0.15) is 36.2 Å². The van der Waals surface area contributed by atoms with Gasteiger partial charge in [-0.2, -0.15) is 0 Å². The Kier molecular flexibility index (Phi) is 7.21. The van der Waals surface area contributed by atoms with Crippen LogP contribution < -0.4 is 5.32 Å². The molecule has 2 rings (SSSR count). The van der Waals surface area contributed by atoms with E-state index < -0.39 is 13.3 Å². The van der Waals surface area contributed by atoms with Gasteiger partial charge in [0.15, 0.2) is 0 Å². The van der Waals surface area contributed by atoms with Crippen LogP contribution in [-0.4, -0.2) is 29.8 Å². The largest absolute Gasteiger partial charge is 0.507 e. The van der Waals surface area contributed by atoms with Gasteiger partial charge in [0.1, 0.15) is 11.4 Å². The molecule has 0 radical (unpaired) electrons. The molecule has 0 fully saturated rings. The number of phenolic OH excluding ortho intramolecular Hbond substituents is 1. The van der Waals surface area contributed by atoms with Crippen LogP contribution in [0.4, 0.5) is 5.69 Å². The number of nitrogens with zero attached hydrogens (tertiary/aromatic N) is 1. The maximum Gasteiger partial charge on any atom is 0.339 e. The molecule has 1 aromatic heterocycles. The van der Waals surface area contributed by atoms with E-state index in [1.807, 2.05) is 38.1 Å². The Hall–Kier alpha value is -1.88. The molecule has 0 bridgehead atoms. The molecule has 2 aromatic rings. The minimum atomic E-state index is -3.41. The Morgan fingerprint density at radius 3 is 2.31 bits per heavy atom. The van der Waals surface area contributed by atoms with Crippen LogP contribution in [0.5, 0.6) is 5.75 Å². The molecule has 1 heterocycles. The Labute approximate surface area is 155 Å². The number of aromatic hydroxyl groups is 1. The fourth-order valence-corrected chi connectivity index (χ4v) is 4.84. The summed E-state index contributed by atoms with van der Waals surface area (Å²) in [5, 5.41) is 13.3. The first-order valence-electron chi connectivity index (χ1n) is 8.74. The van der Waals surface area contributed by atoms with Gasteiger partial charge in [0.2, 0.25) is 0 Å². The molecule has 0 saturated carbocycles. The van der Waals surface area contributed by atoms with E-state index in [1.165, 1.54) is 0 Å². The molecule has 1 unspecified atom stereocenters. The predicted octanol–water partition coefficient (Wildman–Crippen LogP) is 4.82. The highest BCUT2D eigenvalue weighted by molar-refractivity contribution is 7.54. The molecule has 142 valence electrons. The number of nitrogens with one attached hydrogen (secondary N) is 1. The fraction of sp³-hybridized carbons (Fsp3) is 0.421.